The van der Waals surface area contributed by atoms with Crippen LogP contribution in [0.2, 0.25) is 0 Å². The number of nitrogens with two attached hydrogens (primary N) is 1. The molecular weight excluding hydrogens is 332 g/mol. The van der Waals surface area contributed by atoms with Gasteiger partial charge in [0.15, 0.2) is 0 Å². The molecule has 0 aliphatic rings. The molecule has 0 fully saturated rings. The Hall–Kier alpha value is -0.620. The highest BCUT2D eigenvalue weighted by molar-refractivity contribution is 9.10. The lowest BCUT2D eigenvalue weighted by atomic mass is 10.0. The first-order valence-electron chi connectivity index (χ1n) is 7.39. The van der Waals surface area contributed by atoms with E-state index in [4.69, 9.17) is 15.2 Å². The third-order valence-corrected chi connectivity index (χ3v) is 4.28. The maximum absolute atomic E-state index is 6.04. The Morgan fingerprint density at radius 3 is 2.29 bits per heavy atom. The fourth-order valence-corrected chi connectivity index (χ4v) is 2.63. The van der Waals surface area contributed by atoms with Gasteiger partial charge in [0.1, 0.15) is 0 Å². The average Bonchev–Trinajstić information content (AvgIpc) is 2.49. The smallest absolute Gasteiger partial charge is 0.0637 e. The summed E-state index contributed by atoms with van der Waals surface area (Å²) in [5.41, 5.74) is 8.47. The van der Waals surface area contributed by atoms with E-state index in [1.54, 1.807) is 14.2 Å². The van der Waals surface area contributed by atoms with Gasteiger partial charge in [-0.15, -0.1) is 0 Å². The fourth-order valence-electron chi connectivity index (χ4n) is 2.10. The molecule has 1 aromatic rings. The van der Waals surface area contributed by atoms with Crippen LogP contribution in [0, 0.1) is 0 Å². The molecule has 0 aromatic heterocycles. The lowest BCUT2D eigenvalue weighted by Crippen LogP contribution is -2.30. The molecule has 1 aromatic carbocycles. The monoisotopic (exact) mass is 358 g/mol. The first kappa shape index (κ1) is 18.4. The van der Waals surface area contributed by atoms with Crippen molar-refractivity contribution < 1.29 is 9.47 Å². The van der Waals surface area contributed by atoms with Crippen molar-refractivity contribution in [3.05, 3.63) is 28.2 Å². The molecule has 5 heteroatoms. The second-order valence-electron chi connectivity index (χ2n) is 5.12. The van der Waals surface area contributed by atoms with E-state index >= 15 is 0 Å². The van der Waals surface area contributed by atoms with Crippen molar-refractivity contribution in [3.63, 3.8) is 0 Å². The summed E-state index contributed by atoms with van der Waals surface area (Å²) in [4.78, 5) is 2.27. The number of ether oxygens (including phenoxy) is 2. The Kier molecular flexibility index (Phi) is 8.92. The molecule has 0 bridgehead atoms. The van der Waals surface area contributed by atoms with Gasteiger partial charge in [-0.1, -0.05) is 28.9 Å². The van der Waals surface area contributed by atoms with Crippen LogP contribution in [0.4, 0.5) is 5.69 Å². The van der Waals surface area contributed by atoms with E-state index in [-0.39, 0.29) is 6.04 Å². The first-order chi connectivity index (χ1) is 10.1. The quantitative estimate of drug-likeness (QED) is 0.698. The third kappa shape index (κ3) is 6.34. The predicted octanol–water partition coefficient (Wildman–Crippen LogP) is 2.83. The SMILES string of the molecule is CCC(N)Cc1ccc(N(CCOC)CCOC)cc1Br. The number of methoxy groups -OCH3 is 2. The van der Waals surface area contributed by atoms with E-state index in [1.165, 1.54) is 11.3 Å². The topological polar surface area (TPSA) is 47.7 Å². The van der Waals surface area contributed by atoms with Gasteiger partial charge in [-0.3, -0.25) is 0 Å². The van der Waals surface area contributed by atoms with Gasteiger partial charge in [-0.2, -0.15) is 0 Å². The average molecular weight is 359 g/mol. The molecule has 21 heavy (non-hydrogen) atoms. The van der Waals surface area contributed by atoms with Crippen molar-refractivity contribution in [2.75, 3.05) is 45.4 Å². The largest absolute Gasteiger partial charge is 0.383 e. The lowest BCUT2D eigenvalue weighted by Gasteiger charge is -2.25. The summed E-state index contributed by atoms with van der Waals surface area (Å²) in [7, 11) is 3.44. The lowest BCUT2D eigenvalue weighted by molar-refractivity contribution is 0.190. The van der Waals surface area contributed by atoms with Gasteiger partial charge in [0.25, 0.3) is 0 Å². The van der Waals surface area contributed by atoms with Crippen LogP contribution in [0.25, 0.3) is 0 Å². The van der Waals surface area contributed by atoms with Gasteiger partial charge in [0, 0.05) is 43.5 Å². The van der Waals surface area contributed by atoms with Crippen molar-refractivity contribution in [3.8, 4) is 0 Å². The Bertz CT molecular complexity index is 407. The summed E-state index contributed by atoms with van der Waals surface area (Å²) in [6, 6.07) is 6.67. The zero-order valence-electron chi connectivity index (χ0n) is 13.3. The number of benzene rings is 1. The molecule has 120 valence electrons. The highest BCUT2D eigenvalue weighted by Crippen LogP contribution is 2.25. The number of halogens is 1. The highest BCUT2D eigenvalue weighted by Gasteiger charge is 2.10. The molecule has 1 unspecified atom stereocenters. The minimum absolute atomic E-state index is 0.213. The maximum atomic E-state index is 6.04. The van der Waals surface area contributed by atoms with E-state index in [2.05, 4.69) is 46.0 Å². The third-order valence-electron chi connectivity index (χ3n) is 3.54. The minimum Gasteiger partial charge on any atom is -0.383 e. The Balaban J connectivity index is 2.81. The van der Waals surface area contributed by atoms with Crippen LogP contribution < -0.4 is 10.6 Å². The van der Waals surface area contributed by atoms with E-state index in [1.807, 2.05) is 0 Å². The molecule has 0 saturated carbocycles. The Morgan fingerprint density at radius 1 is 1.19 bits per heavy atom. The zero-order chi connectivity index (χ0) is 15.7. The van der Waals surface area contributed by atoms with Gasteiger partial charge in [0.05, 0.1) is 13.2 Å². The van der Waals surface area contributed by atoms with Gasteiger partial charge < -0.3 is 20.1 Å². The molecule has 0 radical (unpaired) electrons. The maximum Gasteiger partial charge on any atom is 0.0637 e. The molecule has 0 saturated heterocycles. The molecular formula is C16H27BrN2O2. The van der Waals surface area contributed by atoms with E-state index in [0.29, 0.717) is 13.2 Å². The Labute approximate surface area is 136 Å². The van der Waals surface area contributed by atoms with Crippen LogP contribution in [0.3, 0.4) is 0 Å². The number of hydrogen-bond acceptors (Lipinski definition) is 4. The van der Waals surface area contributed by atoms with Crippen LogP contribution in [0.15, 0.2) is 22.7 Å². The van der Waals surface area contributed by atoms with Crippen LogP contribution in [0.1, 0.15) is 18.9 Å². The van der Waals surface area contributed by atoms with Crippen molar-refractivity contribution >= 4 is 21.6 Å². The van der Waals surface area contributed by atoms with Crippen molar-refractivity contribution in [1.82, 2.24) is 0 Å². The Morgan fingerprint density at radius 2 is 1.81 bits per heavy atom. The van der Waals surface area contributed by atoms with Crippen molar-refractivity contribution in [1.29, 1.82) is 0 Å². The van der Waals surface area contributed by atoms with Gasteiger partial charge in [-0.05, 0) is 30.5 Å². The van der Waals surface area contributed by atoms with Crippen molar-refractivity contribution in [2.24, 2.45) is 5.73 Å². The molecule has 0 heterocycles. The van der Waals surface area contributed by atoms with Crippen LogP contribution in [-0.4, -0.2) is 46.6 Å². The van der Waals surface area contributed by atoms with Crippen LogP contribution in [0.5, 0.6) is 0 Å². The van der Waals surface area contributed by atoms with Crippen LogP contribution in [-0.2, 0) is 15.9 Å². The van der Waals surface area contributed by atoms with E-state index < -0.39 is 0 Å². The molecule has 1 atom stereocenters. The first-order valence-corrected chi connectivity index (χ1v) is 8.18. The number of anilines is 1. The summed E-state index contributed by atoms with van der Waals surface area (Å²) in [5, 5.41) is 0. The van der Waals surface area contributed by atoms with Gasteiger partial charge in [0.2, 0.25) is 0 Å². The van der Waals surface area contributed by atoms with Gasteiger partial charge in [-0.25, -0.2) is 0 Å². The normalized spacial score (nSPS) is 12.4. The second-order valence-corrected chi connectivity index (χ2v) is 5.98. The minimum atomic E-state index is 0.213. The van der Waals surface area contributed by atoms with E-state index in [9.17, 15) is 0 Å². The summed E-state index contributed by atoms with van der Waals surface area (Å²) in [6.45, 7) is 5.21. The molecule has 4 nitrogen and oxygen atoms in total. The number of hydrogen-bond donors (Lipinski definition) is 1. The molecule has 2 N–H and O–H groups in total. The summed E-state index contributed by atoms with van der Waals surface area (Å²) < 4.78 is 11.5. The van der Waals surface area contributed by atoms with Crippen LogP contribution >= 0.6 is 15.9 Å². The predicted molar refractivity (Wildman–Crippen MR) is 92.1 cm³/mol. The number of rotatable bonds is 10. The summed E-state index contributed by atoms with van der Waals surface area (Å²) in [5.74, 6) is 0. The summed E-state index contributed by atoms with van der Waals surface area (Å²) >= 11 is 3.66. The molecule has 1 rings (SSSR count). The van der Waals surface area contributed by atoms with Gasteiger partial charge >= 0.3 is 0 Å². The summed E-state index contributed by atoms with van der Waals surface area (Å²) in [6.07, 6.45) is 1.88. The molecule has 0 aliphatic heterocycles. The van der Waals surface area contributed by atoms with Crippen molar-refractivity contribution in [2.45, 2.75) is 25.8 Å². The second kappa shape index (κ2) is 10.2. The molecule has 0 aliphatic carbocycles. The molecule has 0 spiro atoms. The fraction of sp³-hybridized carbons (Fsp3) is 0.625. The molecule has 0 amide bonds. The standard InChI is InChI=1S/C16H27BrN2O2/c1-4-14(18)11-13-5-6-15(12-16(13)17)19(7-9-20-2)8-10-21-3/h5-6,12,14H,4,7-11,18H2,1-3H3. The zero-order valence-corrected chi connectivity index (χ0v) is 14.9. The highest BCUT2D eigenvalue weighted by atomic mass is 79.9. The number of nitrogens with zero attached hydrogens (tertiary/aromatic N) is 1. The van der Waals surface area contributed by atoms with E-state index in [0.717, 1.165) is 30.4 Å².